The number of rotatable bonds is 3. The summed E-state index contributed by atoms with van der Waals surface area (Å²) in [5.74, 6) is 0.332. The molecule has 0 aromatic heterocycles. The second-order valence-corrected chi connectivity index (χ2v) is 17.9. The first-order chi connectivity index (χ1) is 11.9. The molecule has 4 atom stereocenters. The zero-order valence-corrected chi connectivity index (χ0v) is 20.8. The van der Waals surface area contributed by atoms with E-state index in [2.05, 4.69) is 87.9 Å². The highest BCUT2D eigenvalue weighted by molar-refractivity contribution is 6.78. The van der Waals surface area contributed by atoms with Crippen molar-refractivity contribution in [2.24, 2.45) is 22.7 Å². The van der Waals surface area contributed by atoms with Crippen molar-refractivity contribution in [3.05, 3.63) is 12.2 Å². The second-order valence-electron chi connectivity index (χ2n) is 12.6. The summed E-state index contributed by atoms with van der Waals surface area (Å²) >= 11 is 0. The smallest absolute Gasteiger partial charge is 0.201 e. The lowest BCUT2D eigenvalue weighted by molar-refractivity contribution is -0.135. The van der Waals surface area contributed by atoms with Gasteiger partial charge in [-0.3, -0.25) is 0 Å². The van der Waals surface area contributed by atoms with Crippen LogP contribution < -0.4 is 0 Å². The standard InChI is InChI=1S/C24H44O2Si/c1-20(2,3)27(11,21(4,5)6)26-24(10)16-13-18-22(7,8)14-12-15-23(18,9)19(24)17-25/h13,16-19H,12,14-15H2,1-11H3/t18-,19+,23-,24+/m0/s1. The van der Waals surface area contributed by atoms with E-state index in [0.717, 1.165) is 6.42 Å². The van der Waals surface area contributed by atoms with Gasteiger partial charge in [0.1, 0.15) is 6.29 Å². The molecule has 0 amide bonds. The molecule has 156 valence electrons. The summed E-state index contributed by atoms with van der Waals surface area (Å²) < 4.78 is 7.20. The average molecular weight is 393 g/mol. The highest BCUT2D eigenvalue weighted by Gasteiger charge is 2.61. The van der Waals surface area contributed by atoms with Crippen LogP contribution in [0.4, 0.5) is 0 Å². The SMILES string of the molecule is CC1(C)CCC[C@]2(C)[C@@H](C=O)[C@](C)(O[Si](C)(C(C)(C)C)C(C)(C)C)C=C[C@@H]12. The first-order valence-electron chi connectivity index (χ1n) is 10.8. The Bertz CT molecular complexity index is 593. The highest BCUT2D eigenvalue weighted by atomic mass is 28.4. The van der Waals surface area contributed by atoms with E-state index in [1.807, 2.05) is 0 Å². The van der Waals surface area contributed by atoms with Gasteiger partial charge in [0.15, 0.2) is 0 Å². The Hall–Kier alpha value is -0.413. The fraction of sp³-hybridized carbons (Fsp3) is 0.875. The van der Waals surface area contributed by atoms with Crippen LogP contribution in [0.1, 0.15) is 88.5 Å². The van der Waals surface area contributed by atoms with Crippen molar-refractivity contribution in [2.75, 3.05) is 0 Å². The number of fused-ring (bicyclic) bond motifs is 1. The predicted octanol–water partition coefficient (Wildman–Crippen LogP) is 7.15. The Morgan fingerprint density at radius 3 is 1.96 bits per heavy atom. The van der Waals surface area contributed by atoms with E-state index in [1.165, 1.54) is 19.1 Å². The van der Waals surface area contributed by atoms with E-state index in [0.29, 0.717) is 5.92 Å². The van der Waals surface area contributed by atoms with Crippen LogP contribution in [0.2, 0.25) is 16.6 Å². The van der Waals surface area contributed by atoms with Crippen molar-refractivity contribution in [2.45, 2.75) is 111 Å². The zero-order valence-electron chi connectivity index (χ0n) is 19.8. The van der Waals surface area contributed by atoms with Crippen molar-refractivity contribution in [1.29, 1.82) is 0 Å². The summed E-state index contributed by atoms with van der Waals surface area (Å²) in [6.07, 6.45) is 9.42. The molecule has 0 spiro atoms. The van der Waals surface area contributed by atoms with E-state index in [1.54, 1.807) is 0 Å². The van der Waals surface area contributed by atoms with Crippen molar-refractivity contribution < 1.29 is 9.22 Å². The van der Waals surface area contributed by atoms with Crippen molar-refractivity contribution in [3.8, 4) is 0 Å². The quantitative estimate of drug-likeness (QED) is 0.289. The molecule has 2 rings (SSSR count). The van der Waals surface area contributed by atoms with Crippen LogP contribution in [-0.2, 0) is 9.22 Å². The van der Waals surface area contributed by atoms with Crippen LogP contribution in [0.3, 0.4) is 0 Å². The first kappa shape index (κ1) is 22.9. The highest BCUT2D eigenvalue weighted by Crippen LogP contribution is 2.62. The van der Waals surface area contributed by atoms with Crippen LogP contribution in [0, 0.1) is 22.7 Å². The molecule has 0 aliphatic heterocycles. The van der Waals surface area contributed by atoms with Crippen molar-refractivity contribution >= 4 is 14.6 Å². The number of hydrogen-bond donors (Lipinski definition) is 0. The lowest BCUT2D eigenvalue weighted by Crippen LogP contribution is -2.63. The number of hydrogen-bond acceptors (Lipinski definition) is 2. The normalized spacial score (nSPS) is 37.0. The van der Waals surface area contributed by atoms with E-state index in [-0.39, 0.29) is 26.8 Å². The molecule has 3 heteroatoms. The maximum absolute atomic E-state index is 12.5. The van der Waals surface area contributed by atoms with Crippen LogP contribution in [0.15, 0.2) is 12.2 Å². The van der Waals surface area contributed by atoms with E-state index >= 15 is 0 Å². The molecule has 0 saturated heterocycles. The first-order valence-corrected chi connectivity index (χ1v) is 13.2. The molecule has 2 nitrogen and oxygen atoms in total. The minimum Gasteiger partial charge on any atom is -0.407 e. The molecule has 0 unspecified atom stereocenters. The monoisotopic (exact) mass is 392 g/mol. The van der Waals surface area contributed by atoms with Gasteiger partial charge in [0.25, 0.3) is 0 Å². The number of aldehydes is 1. The summed E-state index contributed by atoms with van der Waals surface area (Å²) in [7, 11) is -2.21. The molecule has 0 radical (unpaired) electrons. The topological polar surface area (TPSA) is 26.3 Å². The molecular weight excluding hydrogens is 348 g/mol. The molecule has 0 heterocycles. The zero-order chi connectivity index (χ0) is 21.1. The fourth-order valence-corrected chi connectivity index (χ4v) is 10.2. The largest absolute Gasteiger partial charge is 0.407 e. The molecule has 1 saturated carbocycles. The summed E-state index contributed by atoms with van der Waals surface area (Å²) in [4.78, 5) is 12.5. The predicted molar refractivity (Wildman–Crippen MR) is 118 cm³/mol. The number of carbonyl (C=O) groups excluding carboxylic acids is 1. The molecule has 0 aromatic rings. The van der Waals surface area contributed by atoms with Gasteiger partial charge in [-0.1, -0.05) is 80.9 Å². The Morgan fingerprint density at radius 1 is 1.00 bits per heavy atom. The van der Waals surface area contributed by atoms with Crippen molar-refractivity contribution in [3.63, 3.8) is 0 Å². The third-order valence-electron chi connectivity index (χ3n) is 8.46. The molecule has 0 bridgehead atoms. The van der Waals surface area contributed by atoms with Crippen LogP contribution >= 0.6 is 0 Å². The summed E-state index contributed by atoms with van der Waals surface area (Å²) in [6.45, 7) is 25.5. The molecular formula is C24H44O2Si. The van der Waals surface area contributed by atoms with Crippen LogP contribution in [-0.4, -0.2) is 20.2 Å². The molecule has 27 heavy (non-hydrogen) atoms. The molecule has 1 fully saturated rings. The van der Waals surface area contributed by atoms with E-state index < -0.39 is 13.9 Å². The Balaban J connectivity index is 2.57. The molecule has 2 aliphatic rings. The van der Waals surface area contributed by atoms with Gasteiger partial charge in [-0.15, -0.1) is 0 Å². The van der Waals surface area contributed by atoms with E-state index in [9.17, 15) is 4.79 Å². The lowest BCUT2D eigenvalue weighted by Gasteiger charge is -2.61. The van der Waals surface area contributed by atoms with Gasteiger partial charge in [0.05, 0.1) is 11.5 Å². The van der Waals surface area contributed by atoms with Gasteiger partial charge in [0.2, 0.25) is 8.32 Å². The summed E-state index contributed by atoms with van der Waals surface area (Å²) in [5.41, 5.74) is -0.319. The minimum atomic E-state index is -2.21. The van der Waals surface area contributed by atoms with Gasteiger partial charge in [-0.25, -0.2) is 0 Å². The van der Waals surface area contributed by atoms with Gasteiger partial charge in [0, 0.05) is 0 Å². The van der Waals surface area contributed by atoms with Gasteiger partial charge in [-0.05, 0) is 53.1 Å². The third-order valence-corrected chi connectivity index (χ3v) is 15.0. The van der Waals surface area contributed by atoms with Crippen LogP contribution in [0.5, 0.6) is 0 Å². The third kappa shape index (κ3) is 3.52. The Labute approximate surface area is 169 Å². The molecule has 2 aliphatic carbocycles. The van der Waals surface area contributed by atoms with Gasteiger partial charge < -0.3 is 9.22 Å². The second kappa shape index (κ2) is 6.55. The summed E-state index contributed by atoms with van der Waals surface area (Å²) in [5, 5.41) is 0.165. The van der Waals surface area contributed by atoms with Gasteiger partial charge >= 0.3 is 0 Å². The Kier molecular flexibility index (Phi) is 5.55. The molecule has 0 N–H and O–H groups in total. The fourth-order valence-electron chi connectivity index (χ4n) is 6.26. The minimum absolute atomic E-state index is 0.0297. The van der Waals surface area contributed by atoms with Gasteiger partial charge in [-0.2, -0.15) is 0 Å². The van der Waals surface area contributed by atoms with Crippen molar-refractivity contribution in [1.82, 2.24) is 0 Å². The lowest BCUT2D eigenvalue weighted by atomic mass is 9.48. The van der Waals surface area contributed by atoms with Crippen LogP contribution in [0.25, 0.3) is 0 Å². The maximum atomic E-state index is 12.5. The Morgan fingerprint density at radius 2 is 1.52 bits per heavy atom. The number of carbonyl (C=O) groups is 1. The maximum Gasteiger partial charge on any atom is 0.201 e. The summed E-state index contributed by atoms with van der Waals surface area (Å²) in [6, 6.07) is 0. The molecule has 0 aromatic carbocycles. The average Bonchev–Trinajstić information content (AvgIpc) is 2.43. The number of allylic oxidation sites excluding steroid dienone is 1. The van der Waals surface area contributed by atoms with E-state index in [4.69, 9.17) is 4.43 Å².